The Labute approximate surface area is 154 Å². The maximum Gasteiger partial charge on any atom is 0.233 e. The normalized spacial score (nSPS) is 20.2. The van der Waals surface area contributed by atoms with Crippen LogP contribution in [0.1, 0.15) is 30.9 Å². The summed E-state index contributed by atoms with van der Waals surface area (Å²) in [7, 11) is -2.96. The lowest BCUT2D eigenvalue weighted by molar-refractivity contribution is -0.120. The summed E-state index contributed by atoms with van der Waals surface area (Å²) < 4.78 is 28.7. The minimum atomic E-state index is -2.96. The van der Waals surface area contributed by atoms with Crippen LogP contribution in [0.25, 0.3) is 0 Å². The fraction of sp³-hybridized carbons (Fsp3) is 0.611. The number of aryl methyl sites for hydroxylation is 2. The number of ether oxygens (including phenoxy) is 1. The van der Waals surface area contributed by atoms with Crippen LogP contribution in [0, 0.1) is 13.8 Å². The minimum absolute atomic E-state index is 0.0693. The molecule has 2 unspecified atom stereocenters. The second kappa shape index (κ2) is 8.94. The molecule has 0 radical (unpaired) electrons. The van der Waals surface area contributed by atoms with Gasteiger partial charge in [0.25, 0.3) is 0 Å². The fourth-order valence-electron chi connectivity index (χ4n) is 2.67. The van der Waals surface area contributed by atoms with Crippen molar-refractivity contribution in [2.75, 3.05) is 23.9 Å². The molecule has 0 bridgehead atoms. The molecule has 1 heterocycles. The van der Waals surface area contributed by atoms with E-state index in [2.05, 4.69) is 17.4 Å². The van der Waals surface area contributed by atoms with Crippen molar-refractivity contribution in [1.29, 1.82) is 0 Å². The van der Waals surface area contributed by atoms with E-state index in [1.54, 1.807) is 11.8 Å². The first-order valence-electron chi connectivity index (χ1n) is 8.59. The third-order valence-corrected chi connectivity index (χ3v) is 7.21. The first-order chi connectivity index (χ1) is 11.8. The number of amides is 1. The molecule has 0 aromatic heterocycles. The lowest BCUT2D eigenvalue weighted by Crippen LogP contribution is -2.40. The number of hydrogen-bond acceptors (Lipinski definition) is 5. The van der Waals surface area contributed by atoms with Crippen LogP contribution in [-0.4, -0.2) is 49.5 Å². The molecule has 0 spiro atoms. The highest BCUT2D eigenvalue weighted by Gasteiger charge is 2.29. The van der Waals surface area contributed by atoms with E-state index in [-0.39, 0.29) is 28.7 Å². The molecule has 7 heteroatoms. The molecule has 1 N–H and O–H groups in total. The highest BCUT2D eigenvalue weighted by Crippen LogP contribution is 2.20. The van der Waals surface area contributed by atoms with Gasteiger partial charge in [0.05, 0.1) is 23.4 Å². The van der Waals surface area contributed by atoms with Gasteiger partial charge in [0.2, 0.25) is 5.91 Å². The van der Waals surface area contributed by atoms with Crippen LogP contribution in [0.3, 0.4) is 0 Å². The third-order valence-electron chi connectivity index (χ3n) is 4.21. The Morgan fingerprint density at radius 2 is 2.16 bits per heavy atom. The molecule has 1 fully saturated rings. The maximum atomic E-state index is 12.1. The number of carbonyl (C=O) groups is 1. The molecular weight excluding hydrogens is 358 g/mol. The first-order valence-corrected chi connectivity index (χ1v) is 11.5. The molecule has 2 atom stereocenters. The van der Waals surface area contributed by atoms with Gasteiger partial charge in [-0.3, -0.25) is 4.79 Å². The largest absolute Gasteiger partial charge is 0.493 e. The minimum Gasteiger partial charge on any atom is -0.493 e. The standard InChI is InChI=1S/C18H27NO4S2/c1-13-5-6-14(2)17(11-13)23-8-4-9-24-15(3)18(20)19-16-7-10-25(21,22)12-16/h5-6,11,15-16H,4,7-10,12H2,1-3H3,(H,19,20). The Bertz CT molecular complexity index is 703. The van der Waals surface area contributed by atoms with Crippen LogP contribution >= 0.6 is 11.8 Å². The summed E-state index contributed by atoms with van der Waals surface area (Å²) in [6, 6.07) is 5.92. The van der Waals surface area contributed by atoms with E-state index in [1.807, 2.05) is 26.8 Å². The number of hydrogen-bond donors (Lipinski definition) is 1. The zero-order valence-electron chi connectivity index (χ0n) is 15.1. The topological polar surface area (TPSA) is 72.5 Å². The molecule has 140 valence electrons. The predicted molar refractivity (Wildman–Crippen MR) is 103 cm³/mol. The van der Waals surface area contributed by atoms with Crippen molar-refractivity contribution >= 4 is 27.5 Å². The first kappa shape index (κ1) is 20.1. The molecule has 1 aliphatic heterocycles. The molecule has 25 heavy (non-hydrogen) atoms. The van der Waals surface area contributed by atoms with E-state index in [1.165, 1.54) is 5.56 Å². The van der Waals surface area contributed by atoms with E-state index >= 15 is 0 Å². The van der Waals surface area contributed by atoms with Crippen molar-refractivity contribution in [2.24, 2.45) is 0 Å². The molecular formula is C18H27NO4S2. The zero-order valence-corrected chi connectivity index (χ0v) is 16.7. The summed E-state index contributed by atoms with van der Waals surface area (Å²) in [6.45, 7) is 6.54. The van der Waals surface area contributed by atoms with Gasteiger partial charge in [-0.1, -0.05) is 12.1 Å². The average Bonchev–Trinajstić information content (AvgIpc) is 2.88. The van der Waals surface area contributed by atoms with Gasteiger partial charge in [-0.2, -0.15) is 0 Å². The quantitative estimate of drug-likeness (QED) is 0.696. The SMILES string of the molecule is Cc1ccc(C)c(OCCCSC(C)C(=O)NC2CCS(=O)(=O)C2)c1. The Hall–Kier alpha value is -1.21. The monoisotopic (exact) mass is 385 g/mol. The summed E-state index contributed by atoms with van der Waals surface area (Å²) in [5.41, 5.74) is 2.30. The molecule has 1 aromatic rings. The molecule has 1 aromatic carbocycles. The summed E-state index contributed by atoms with van der Waals surface area (Å²) in [6.07, 6.45) is 1.38. The number of nitrogens with one attached hydrogen (secondary N) is 1. The van der Waals surface area contributed by atoms with Crippen molar-refractivity contribution in [3.05, 3.63) is 29.3 Å². The van der Waals surface area contributed by atoms with Crippen LogP contribution in [0.5, 0.6) is 5.75 Å². The van der Waals surface area contributed by atoms with Gasteiger partial charge in [-0.05, 0) is 56.6 Å². The van der Waals surface area contributed by atoms with Gasteiger partial charge in [0.15, 0.2) is 9.84 Å². The smallest absolute Gasteiger partial charge is 0.233 e. The van der Waals surface area contributed by atoms with E-state index in [0.717, 1.165) is 23.5 Å². The van der Waals surface area contributed by atoms with Crippen molar-refractivity contribution in [1.82, 2.24) is 5.32 Å². The van der Waals surface area contributed by atoms with Gasteiger partial charge in [-0.25, -0.2) is 8.42 Å². The lowest BCUT2D eigenvalue weighted by atomic mass is 10.1. The highest BCUT2D eigenvalue weighted by molar-refractivity contribution is 8.00. The molecule has 0 saturated carbocycles. The molecule has 2 rings (SSSR count). The summed E-state index contributed by atoms with van der Waals surface area (Å²) in [5, 5.41) is 2.65. The van der Waals surface area contributed by atoms with E-state index in [0.29, 0.717) is 13.0 Å². The number of benzene rings is 1. The van der Waals surface area contributed by atoms with Crippen molar-refractivity contribution in [2.45, 2.75) is 44.9 Å². The number of carbonyl (C=O) groups excluding carboxylic acids is 1. The summed E-state index contributed by atoms with van der Waals surface area (Å²) in [4.78, 5) is 12.1. The van der Waals surface area contributed by atoms with E-state index in [9.17, 15) is 13.2 Å². The molecule has 5 nitrogen and oxygen atoms in total. The van der Waals surface area contributed by atoms with E-state index in [4.69, 9.17) is 4.74 Å². The Balaban J connectivity index is 1.64. The zero-order chi connectivity index (χ0) is 18.4. The lowest BCUT2D eigenvalue weighted by Gasteiger charge is -2.16. The van der Waals surface area contributed by atoms with Crippen LogP contribution in [0.15, 0.2) is 18.2 Å². The summed E-state index contributed by atoms with van der Waals surface area (Å²) >= 11 is 1.57. The molecule has 1 aliphatic rings. The Kier molecular flexibility index (Phi) is 7.19. The van der Waals surface area contributed by atoms with Gasteiger partial charge < -0.3 is 10.1 Å². The number of rotatable bonds is 8. The van der Waals surface area contributed by atoms with Crippen molar-refractivity contribution in [3.63, 3.8) is 0 Å². The van der Waals surface area contributed by atoms with Crippen LogP contribution in [0.4, 0.5) is 0 Å². The summed E-state index contributed by atoms with van der Waals surface area (Å²) in [5.74, 6) is 1.90. The van der Waals surface area contributed by atoms with Crippen LogP contribution in [-0.2, 0) is 14.6 Å². The van der Waals surface area contributed by atoms with Gasteiger partial charge >= 0.3 is 0 Å². The molecule has 1 saturated heterocycles. The second-order valence-corrected chi connectivity index (χ2v) is 10.3. The van der Waals surface area contributed by atoms with Gasteiger partial charge in [-0.15, -0.1) is 11.8 Å². The fourth-order valence-corrected chi connectivity index (χ4v) is 5.20. The Morgan fingerprint density at radius 1 is 1.40 bits per heavy atom. The third kappa shape index (κ3) is 6.55. The van der Waals surface area contributed by atoms with Crippen molar-refractivity contribution in [3.8, 4) is 5.75 Å². The number of thioether (sulfide) groups is 1. The van der Waals surface area contributed by atoms with Crippen LogP contribution < -0.4 is 10.1 Å². The Morgan fingerprint density at radius 3 is 2.84 bits per heavy atom. The molecule has 0 aliphatic carbocycles. The predicted octanol–water partition coefficient (Wildman–Crippen LogP) is 2.50. The molecule has 1 amide bonds. The maximum absolute atomic E-state index is 12.1. The van der Waals surface area contributed by atoms with E-state index < -0.39 is 9.84 Å². The van der Waals surface area contributed by atoms with Crippen LogP contribution in [0.2, 0.25) is 0 Å². The second-order valence-electron chi connectivity index (χ2n) is 6.59. The van der Waals surface area contributed by atoms with Gasteiger partial charge in [0.1, 0.15) is 5.75 Å². The number of sulfone groups is 1. The van der Waals surface area contributed by atoms with Gasteiger partial charge in [0, 0.05) is 6.04 Å². The average molecular weight is 386 g/mol. The highest BCUT2D eigenvalue weighted by atomic mass is 32.2. The van der Waals surface area contributed by atoms with Crippen molar-refractivity contribution < 1.29 is 17.9 Å².